The van der Waals surface area contributed by atoms with Crippen LogP contribution in [0.15, 0.2) is 96.6 Å². The number of carbonyl (C=O) groups is 3. The van der Waals surface area contributed by atoms with E-state index in [2.05, 4.69) is 5.32 Å². The van der Waals surface area contributed by atoms with E-state index in [-0.39, 0.29) is 24.5 Å². The van der Waals surface area contributed by atoms with Gasteiger partial charge in [-0.2, -0.15) is 0 Å². The third-order valence-electron chi connectivity index (χ3n) is 6.15. The number of hydrogen-bond acceptors (Lipinski definition) is 5. The molecule has 0 aliphatic carbocycles. The molecule has 10 heteroatoms. The number of rotatable bonds is 8. The molecule has 0 unspecified atom stereocenters. The molecule has 206 valence electrons. The molecule has 0 spiro atoms. The summed E-state index contributed by atoms with van der Waals surface area (Å²) in [6.45, 7) is 0.419. The van der Waals surface area contributed by atoms with Crippen molar-refractivity contribution >= 4 is 64.4 Å². The molecule has 1 aliphatic rings. The number of ether oxygens (including phenoxy) is 2. The number of urea groups is 1. The number of hydrogen-bond donors (Lipinski definition) is 1. The number of barbiturate groups is 1. The van der Waals surface area contributed by atoms with E-state index in [9.17, 15) is 14.4 Å². The first kappa shape index (κ1) is 28.2. The SMILES string of the molecule is O=C1NC(=O)N(c2ccc(OCc3ccccc3Cl)cc2)C(=O)/C1=C/c1ccccc1OCc1ccc(Cl)c(Cl)c1. The largest absolute Gasteiger partial charge is 0.489 e. The van der Waals surface area contributed by atoms with E-state index in [0.717, 1.165) is 16.0 Å². The van der Waals surface area contributed by atoms with Crippen molar-refractivity contribution in [3.63, 3.8) is 0 Å². The van der Waals surface area contributed by atoms with Gasteiger partial charge in [0.1, 0.15) is 30.3 Å². The maximum atomic E-state index is 13.4. The number of amides is 4. The molecule has 4 aromatic rings. The zero-order valence-electron chi connectivity index (χ0n) is 21.3. The predicted molar refractivity (Wildman–Crippen MR) is 158 cm³/mol. The molecule has 0 saturated carbocycles. The van der Waals surface area contributed by atoms with Gasteiger partial charge in [0.15, 0.2) is 0 Å². The summed E-state index contributed by atoms with van der Waals surface area (Å²) in [6.07, 6.45) is 1.39. The summed E-state index contributed by atoms with van der Waals surface area (Å²) in [5, 5.41) is 3.65. The van der Waals surface area contributed by atoms with Gasteiger partial charge in [-0.25, -0.2) is 9.69 Å². The van der Waals surface area contributed by atoms with Crippen molar-refractivity contribution in [2.24, 2.45) is 0 Å². The van der Waals surface area contributed by atoms with Gasteiger partial charge >= 0.3 is 6.03 Å². The number of anilines is 1. The summed E-state index contributed by atoms with van der Waals surface area (Å²) in [5.74, 6) is -0.647. The lowest BCUT2D eigenvalue weighted by Crippen LogP contribution is -2.54. The van der Waals surface area contributed by atoms with Crippen molar-refractivity contribution in [2.75, 3.05) is 4.90 Å². The van der Waals surface area contributed by atoms with Crippen LogP contribution >= 0.6 is 34.8 Å². The summed E-state index contributed by atoms with van der Waals surface area (Å²) in [5.41, 5.74) is 2.11. The van der Waals surface area contributed by atoms with E-state index in [1.54, 1.807) is 72.8 Å². The van der Waals surface area contributed by atoms with Gasteiger partial charge in [0.05, 0.1) is 15.7 Å². The number of nitrogens with zero attached hydrogens (tertiary/aromatic N) is 1. The van der Waals surface area contributed by atoms with Crippen molar-refractivity contribution in [1.29, 1.82) is 0 Å². The third kappa shape index (κ3) is 6.55. The summed E-state index contributed by atoms with van der Waals surface area (Å²) in [4.78, 5) is 39.7. The van der Waals surface area contributed by atoms with E-state index in [0.29, 0.717) is 32.1 Å². The molecule has 1 heterocycles. The fourth-order valence-corrected chi connectivity index (χ4v) is 4.55. The van der Waals surface area contributed by atoms with Crippen LogP contribution in [0.1, 0.15) is 16.7 Å². The Labute approximate surface area is 250 Å². The minimum atomic E-state index is -0.856. The number of para-hydroxylation sites is 1. The van der Waals surface area contributed by atoms with Crippen LogP contribution in [-0.4, -0.2) is 17.8 Å². The van der Waals surface area contributed by atoms with Crippen molar-refractivity contribution < 1.29 is 23.9 Å². The summed E-state index contributed by atoms with van der Waals surface area (Å²) < 4.78 is 11.7. The van der Waals surface area contributed by atoms with E-state index in [1.807, 2.05) is 18.2 Å². The molecule has 1 aliphatic heterocycles. The highest BCUT2D eigenvalue weighted by atomic mass is 35.5. The Balaban J connectivity index is 1.34. The van der Waals surface area contributed by atoms with Gasteiger partial charge in [-0.05, 0) is 60.2 Å². The van der Waals surface area contributed by atoms with E-state index < -0.39 is 17.8 Å². The monoisotopic (exact) mass is 606 g/mol. The maximum Gasteiger partial charge on any atom is 0.335 e. The molecule has 0 bridgehead atoms. The molecule has 7 nitrogen and oxygen atoms in total. The first-order valence-electron chi connectivity index (χ1n) is 12.3. The van der Waals surface area contributed by atoms with Crippen molar-refractivity contribution in [2.45, 2.75) is 13.2 Å². The Morgan fingerprint density at radius 2 is 1.46 bits per heavy atom. The Hall–Kier alpha value is -4.30. The van der Waals surface area contributed by atoms with Crippen molar-refractivity contribution in [3.05, 3.63) is 128 Å². The van der Waals surface area contributed by atoms with Gasteiger partial charge in [-0.1, -0.05) is 77.3 Å². The van der Waals surface area contributed by atoms with Crippen LogP contribution in [0, 0.1) is 0 Å². The number of imide groups is 2. The van der Waals surface area contributed by atoms with Crippen LogP contribution in [-0.2, 0) is 22.8 Å². The lowest BCUT2D eigenvalue weighted by molar-refractivity contribution is -0.122. The fourth-order valence-electron chi connectivity index (χ4n) is 4.04. The van der Waals surface area contributed by atoms with Gasteiger partial charge in [-0.3, -0.25) is 14.9 Å². The molecule has 0 aromatic heterocycles. The van der Waals surface area contributed by atoms with E-state index in [4.69, 9.17) is 44.3 Å². The Kier molecular flexibility index (Phi) is 8.59. The minimum Gasteiger partial charge on any atom is -0.489 e. The lowest BCUT2D eigenvalue weighted by Gasteiger charge is -2.26. The second-order valence-corrected chi connectivity index (χ2v) is 10.1. The molecule has 0 atom stereocenters. The zero-order chi connectivity index (χ0) is 28.9. The molecule has 4 amide bonds. The Morgan fingerprint density at radius 1 is 0.732 bits per heavy atom. The maximum absolute atomic E-state index is 13.4. The number of nitrogens with one attached hydrogen (secondary N) is 1. The van der Waals surface area contributed by atoms with Crippen LogP contribution in [0.25, 0.3) is 6.08 Å². The highest BCUT2D eigenvalue weighted by molar-refractivity contribution is 6.42. The molecule has 1 N–H and O–H groups in total. The van der Waals surface area contributed by atoms with Crippen molar-refractivity contribution in [3.8, 4) is 11.5 Å². The fraction of sp³-hybridized carbons (Fsp3) is 0.0645. The number of carbonyl (C=O) groups excluding carboxylic acids is 3. The number of halogens is 3. The van der Waals surface area contributed by atoms with Crippen molar-refractivity contribution in [1.82, 2.24) is 5.32 Å². The van der Waals surface area contributed by atoms with Gasteiger partial charge in [-0.15, -0.1) is 0 Å². The normalized spacial score (nSPS) is 14.3. The van der Waals surface area contributed by atoms with Gasteiger partial charge in [0.25, 0.3) is 11.8 Å². The molecule has 1 saturated heterocycles. The van der Waals surface area contributed by atoms with Gasteiger partial charge in [0.2, 0.25) is 0 Å². The van der Waals surface area contributed by atoms with E-state index in [1.165, 1.54) is 6.08 Å². The van der Waals surface area contributed by atoms with Crippen LogP contribution in [0.2, 0.25) is 15.1 Å². The second-order valence-electron chi connectivity index (χ2n) is 8.91. The standard InChI is InChI=1S/C31H21Cl3N2O5/c32-25-7-3-1-6-21(25)18-40-23-12-10-22(11-13-23)36-30(38)24(29(37)35-31(36)39)16-20-5-2-4-8-28(20)41-17-19-9-14-26(33)27(34)15-19/h1-16H,17-18H2,(H,35,37,39)/b24-16+. The highest BCUT2D eigenvalue weighted by Gasteiger charge is 2.37. The average Bonchev–Trinajstić information content (AvgIpc) is 2.96. The lowest BCUT2D eigenvalue weighted by atomic mass is 10.1. The molecule has 5 rings (SSSR count). The predicted octanol–water partition coefficient (Wildman–Crippen LogP) is 7.47. The third-order valence-corrected chi connectivity index (χ3v) is 7.25. The van der Waals surface area contributed by atoms with Crippen LogP contribution in [0.5, 0.6) is 11.5 Å². The second kappa shape index (κ2) is 12.5. The minimum absolute atomic E-state index is 0.173. The molecule has 41 heavy (non-hydrogen) atoms. The molecular weight excluding hydrogens is 587 g/mol. The average molecular weight is 608 g/mol. The van der Waals surface area contributed by atoms with Gasteiger partial charge in [0, 0.05) is 16.1 Å². The first-order valence-corrected chi connectivity index (χ1v) is 13.5. The summed E-state index contributed by atoms with van der Waals surface area (Å²) in [6, 6.07) is 24.9. The zero-order valence-corrected chi connectivity index (χ0v) is 23.5. The molecule has 4 aromatic carbocycles. The smallest absolute Gasteiger partial charge is 0.335 e. The Morgan fingerprint density at radius 3 is 2.22 bits per heavy atom. The highest BCUT2D eigenvalue weighted by Crippen LogP contribution is 2.29. The molecular formula is C31H21Cl3N2O5. The van der Waals surface area contributed by atoms with Gasteiger partial charge < -0.3 is 9.47 Å². The number of benzene rings is 4. The van der Waals surface area contributed by atoms with Crippen LogP contribution < -0.4 is 19.7 Å². The molecule has 0 radical (unpaired) electrons. The summed E-state index contributed by atoms with van der Waals surface area (Å²) in [7, 11) is 0. The van der Waals surface area contributed by atoms with Crippen LogP contribution in [0.4, 0.5) is 10.5 Å². The quantitative estimate of drug-likeness (QED) is 0.166. The Bertz CT molecular complexity index is 1670. The topological polar surface area (TPSA) is 84.9 Å². The summed E-state index contributed by atoms with van der Waals surface area (Å²) >= 11 is 18.3. The first-order chi connectivity index (χ1) is 19.8. The van der Waals surface area contributed by atoms with E-state index >= 15 is 0 Å². The molecule has 1 fully saturated rings. The van der Waals surface area contributed by atoms with Crippen LogP contribution in [0.3, 0.4) is 0 Å².